The minimum Gasteiger partial charge on any atom is -0.333 e. The van der Waals surface area contributed by atoms with Crippen LogP contribution in [-0.2, 0) is 13.1 Å². The molecule has 1 aromatic rings. The van der Waals surface area contributed by atoms with Crippen LogP contribution in [0.3, 0.4) is 0 Å². The Morgan fingerprint density at radius 3 is 3.22 bits per heavy atom. The predicted octanol–water partition coefficient (Wildman–Crippen LogP) is 1.48. The van der Waals surface area contributed by atoms with E-state index in [0.29, 0.717) is 0 Å². The van der Waals surface area contributed by atoms with Crippen LogP contribution in [-0.4, -0.2) is 40.6 Å². The van der Waals surface area contributed by atoms with E-state index in [-0.39, 0.29) is 0 Å². The fourth-order valence-corrected chi connectivity index (χ4v) is 3.53. The normalized spacial score (nSPS) is 28.5. The maximum Gasteiger partial charge on any atom is 0.122 e. The average molecular weight is 248 g/mol. The van der Waals surface area contributed by atoms with Crippen molar-refractivity contribution < 1.29 is 0 Å². The predicted molar refractivity (Wildman–Crippen MR) is 72.3 cm³/mol. The summed E-state index contributed by atoms with van der Waals surface area (Å²) in [5.74, 6) is 2.12. The number of fused-ring (bicyclic) bond motifs is 1. The monoisotopic (exact) mass is 248 g/mol. The van der Waals surface area contributed by atoms with Gasteiger partial charge in [0.15, 0.2) is 0 Å². The largest absolute Gasteiger partial charge is 0.333 e. The SMILES string of the molecule is CNC1CCCC1CCN1CCn2ccnc2C1. The first-order valence-corrected chi connectivity index (χ1v) is 7.26. The molecule has 1 aliphatic carbocycles. The molecule has 0 spiro atoms. The molecule has 1 aromatic heterocycles. The van der Waals surface area contributed by atoms with Crippen LogP contribution >= 0.6 is 0 Å². The summed E-state index contributed by atoms with van der Waals surface area (Å²) in [6, 6.07) is 0.761. The van der Waals surface area contributed by atoms with Crippen molar-refractivity contribution in [2.45, 2.75) is 44.8 Å². The molecule has 0 aromatic carbocycles. The van der Waals surface area contributed by atoms with Crippen LogP contribution in [0.2, 0.25) is 0 Å². The number of hydrogen-bond donors (Lipinski definition) is 1. The topological polar surface area (TPSA) is 33.1 Å². The minimum atomic E-state index is 0.761. The zero-order valence-corrected chi connectivity index (χ0v) is 11.3. The summed E-state index contributed by atoms with van der Waals surface area (Å²) in [5.41, 5.74) is 0. The van der Waals surface area contributed by atoms with Gasteiger partial charge in [-0.1, -0.05) is 6.42 Å². The summed E-state index contributed by atoms with van der Waals surface area (Å²) in [7, 11) is 2.11. The lowest BCUT2D eigenvalue weighted by atomic mass is 9.99. The summed E-state index contributed by atoms with van der Waals surface area (Å²) < 4.78 is 2.28. The van der Waals surface area contributed by atoms with Gasteiger partial charge in [-0.15, -0.1) is 0 Å². The number of rotatable bonds is 4. The highest BCUT2D eigenvalue weighted by atomic mass is 15.2. The molecule has 3 rings (SSSR count). The van der Waals surface area contributed by atoms with Crippen LogP contribution < -0.4 is 5.32 Å². The molecule has 0 saturated heterocycles. The number of nitrogens with one attached hydrogen (secondary N) is 1. The molecule has 2 unspecified atom stereocenters. The van der Waals surface area contributed by atoms with Crippen LogP contribution in [0.25, 0.3) is 0 Å². The highest BCUT2D eigenvalue weighted by molar-refractivity contribution is 4.95. The smallest absolute Gasteiger partial charge is 0.122 e. The summed E-state index contributed by atoms with van der Waals surface area (Å²) in [6.45, 7) is 4.55. The van der Waals surface area contributed by atoms with Gasteiger partial charge in [-0.25, -0.2) is 4.98 Å². The Hall–Kier alpha value is -0.870. The third-order valence-corrected chi connectivity index (χ3v) is 4.67. The second-order valence-corrected chi connectivity index (χ2v) is 5.69. The minimum absolute atomic E-state index is 0.761. The maximum atomic E-state index is 4.43. The van der Waals surface area contributed by atoms with Crippen molar-refractivity contribution in [3.05, 3.63) is 18.2 Å². The molecule has 4 nitrogen and oxygen atoms in total. The van der Waals surface area contributed by atoms with Crippen molar-refractivity contribution in [1.82, 2.24) is 19.8 Å². The van der Waals surface area contributed by atoms with Crippen LogP contribution in [0.4, 0.5) is 0 Å². The lowest BCUT2D eigenvalue weighted by Gasteiger charge is -2.29. The van der Waals surface area contributed by atoms with Crippen LogP contribution in [0.15, 0.2) is 12.4 Å². The molecule has 1 N–H and O–H groups in total. The first-order chi connectivity index (χ1) is 8.86. The number of nitrogens with zero attached hydrogens (tertiary/aromatic N) is 3. The van der Waals surface area contributed by atoms with Gasteiger partial charge in [0.25, 0.3) is 0 Å². The molecule has 1 aliphatic heterocycles. The average Bonchev–Trinajstić information content (AvgIpc) is 3.04. The quantitative estimate of drug-likeness (QED) is 0.876. The second kappa shape index (κ2) is 5.41. The van der Waals surface area contributed by atoms with Crippen LogP contribution in [0, 0.1) is 5.92 Å². The van der Waals surface area contributed by atoms with Gasteiger partial charge >= 0.3 is 0 Å². The van der Waals surface area contributed by atoms with Crippen molar-refractivity contribution in [2.75, 3.05) is 20.1 Å². The van der Waals surface area contributed by atoms with E-state index < -0.39 is 0 Å². The highest BCUT2D eigenvalue weighted by Gasteiger charge is 2.26. The third kappa shape index (κ3) is 2.45. The molecule has 0 radical (unpaired) electrons. The van der Waals surface area contributed by atoms with Gasteiger partial charge in [-0.3, -0.25) is 4.90 Å². The fourth-order valence-electron chi connectivity index (χ4n) is 3.53. The Bertz CT molecular complexity index is 387. The number of aromatic nitrogens is 2. The van der Waals surface area contributed by atoms with Crippen molar-refractivity contribution in [2.24, 2.45) is 5.92 Å². The summed E-state index contributed by atoms with van der Waals surface area (Å²) in [6.07, 6.45) is 9.54. The van der Waals surface area contributed by atoms with E-state index >= 15 is 0 Å². The van der Waals surface area contributed by atoms with Crippen molar-refractivity contribution >= 4 is 0 Å². The maximum absolute atomic E-state index is 4.43. The van der Waals surface area contributed by atoms with Gasteiger partial charge < -0.3 is 9.88 Å². The van der Waals surface area contributed by atoms with Crippen LogP contribution in [0.1, 0.15) is 31.5 Å². The summed E-state index contributed by atoms with van der Waals surface area (Å²) in [4.78, 5) is 6.99. The van der Waals surface area contributed by atoms with Crippen molar-refractivity contribution in [1.29, 1.82) is 0 Å². The zero-order chi connectivity index (χ0) is 12.4. The molecule has 0 bridgehead atoms. The highest BCUT2D eigenvalue weighted by Crippen LogP contribution is 2.28. The molecule has 1 saturated carbocycles. The van der Waals surface area contributed by atoms with E-state index in [4.69, 9.17) is 0 Å². The van der Waals surface area contributed by atoms with E-state index in [1.165, 1.54) is 44.6 Å². The Balaban J connectivity index is 1.50. The molecule has 1 fully saturated rings. The molecule has 0 amide bonds. The van der Waals surface area contributed by atoms with Gasteiger partial charge in [0.2, 0.25) is 0 Å². The Kier molecular flexibility index (Phi) is 3.66. The molecular weight excluding hydrogens is 224 g/mol. The molecule has 100 valence electrons. The summed E-state index contributed by atoms with van der Waals surface area (Å²) >= 11 is 0. The molecule has 4 heteroatoms. The fraction of sp³-hybridized carbons (Fsp3) is 0.786. The zero-order valence-electron chi connectivity index (χ0n) is 11.3. The lowest BCUT2D eigenvalue weighted by Crippen LogP contribution is -2.37. The Morgan fingerprint density at radius 1 is 1.39 bits per heavy atom. The Morgan fingerprint density at radius 2 is 2.33 bits per heavy atom. The van der Waals surface area contributed by atoms with Crippen molar-refractivity contribution in [3.63, 3.8) is 0 Å². The first-order valence-electron chi connectivity index (χ1n) is 7.26. The van der Waals surface area contributed by atoms with E-state index in [2.05, 4.69) is 33.0 Å². The van der Waals surface area contributed by atoms with Gasteiger partial charge in [-0.05, 0) is 38.8 Å². The first kappa shape index (κ1) is 12.2. The van der Waals surface area contributed by atoms with Gasteiger partial charge in [-0.2, -0.15) is 0 Å². The molecular formula is C14H24N4. The van der Waals surface area contributed by atoms with E-state index in [1.54, 1.807) is 0 Å². The molecule has 2 aliphatic rings. The molecule has 18 heavy (non-hydrogen) atoms. The molecule has 2 heterocycles. The van der Waals surface area contributed by atoms with E-state index in [9.17, 15) is 0 Å². The lowest BCUT2D eigenvalue weighted by molar-refractivity contribution is 0.197. The third-order valence-electron chi connectivity index (χ3n) is 4.67. The number of hydrogen-bond acceptors (Lipinski definition) is 3. The van der Waals surface area contributed by atoms with E-state index in [0.717, 1.165) is 25.0 Å². The van der Waals surface area contributed by atoms with Gasteiger partial charge in [0.1, 0.15) is 5.82 Å². The summed E-state index contributed by atoms with van der Waals surface area (Å²) in [5, 5.41) is 3.48. The standard InChI is InChI=1S/C14H24N4/c1-15-13-4-2-3-12(13)5-7-17-9-10-18-8-6-16-14(18)11-17/h6,8,12-13,15H,2-5,7,9-11H2,1H3. The Labute approximate surface area is 109 Å². The van der Waals surface area contributed by atoms with Crippen molar-refractivity contribution in [3.8, 4) is 0 Å². The van der Waals surface area contributed by atoms with Gasteiger partial charge in [0.05, 0.1) is 6.54 Å². The molecule has 2 atom stereocenters. The van der Waals surface area contributed by atoms with Crippen LogP contribution in [0.5, 0.6) is 0 Å². The van der Waals surface area contributed by atoms with Gasteiger partial charge in [0, 0.05) is 31.5 Å². The number of imidazole rings is 1. The van der Waals surface area contributed by atoms with E-state index in [1.807, 2.05) is 6.20 Å². The second-order valence-electron chi connectivity index (χ2n) is 5.69.